The molecule has 0 radical (unpaired) electrons. The number of rotatable bonds is 11. The molecule has 8 nitrogen and oxygen atoms in total. The molecule has 0 unspecified atom stereocenters. The maximum atomic E-state index is 13.2. The van der Waals surface area contributed by atoms with Crippen molar-refractivity contribution in [2.24, 2.45) is 5.73 Å². The van der Waals surface area contributed by atoms with Crippen molar-refractivity contribution in [1.82, 2.24) is 10.3 Å². The number of carbonyl (C=O) groups excluding carboxylic acids is 3. The Kier molecular flexibility index (Phi) is 10.8. The summed E-state index contributed by atoms with van der Waals surface area (Å²) in [6.07, 6.45) is 6.91. The number of hydrogen-bond acceptors (Lipinski definition) is 7. The van der Waals surface area contributed by atoms with Crippen LogP contribution in [0.15, 0.2) is 59.8 Å². The van der Waals surface area contributed by atoms with Crippen molar-refractivity contribution in [2.75, 3.05) is 13.2 Å². The fraction of sp³-hybridized carbons (Fsp3) is 0.308. The number of amides is 2. The lowest BCUT2D eigenvalue weighted by atomic mass is 10.1. The van der Waals surface area contributed by atoms with E-state index in [1.54, 1.807) is 0 Å². The number of nitrogens with one attached hydrogen (secondary N) is 1. The predicted octanol–water partition coefficient (Wildman–Crippen LogP) is 3.86. The number of halogens is 1. The summed E-state index contributed by atoms with van der Waals surface area (Å²) in [5.41, 5.74) is 8.06. The van der Waals surface area contributed by atoms with Crippen molar-refractivity contribution in [1.29, 1.82) is 0 Å². The summed E-state index contributed by atoms with van der Waals surface area (Å²) < 4.78 is 24.1. The van der Waals surface area contributed by atoms with Gasteiger partial charge in [0.15, 0.2) is 11.4 Å². The van der Waals surface area contributed by atoms with E-state index in [-0.39, 0.29) is 36.8 Å². The van der Waals surface area contributed by atoms with Crippen LogP contribution in [-0.4, -0.2) is 35.9 Å². The second kappa shape index (κ2) is 13.8. The van der Waals surface area contributed by atoms with Crippen LogP contribution in [0.1, 0.15) is 60.0 Å². The van der Waals surface area contributed by atoms with Gasteiger partial charge >= 0.3 is 5.97 Å². The van der Waals surface area contributed by atoms with E-state index in [2.05, 4.69) is 16.4 Å². The molecule has 2 rings (SSSR count). The van der Waals surface area contributed by atoms with Crippen molar-refractivity contribution in [3.8, 4) is 5.75 Å². The second-order valence-electron chi connectivity index (χ2n) is 8.04. The van der Waals surface area contributed by atoms with Crippen molar-refractivity contribution in [3.05, 3.63) is 82.5 Å². The Hall–Kier alpha value is -3.85. The summed E-state index contributed by atoms with van der Waals surface area (Å²) in [6.45, 7) is 5.71. The van der Waals surface area contributed by atoms with E-state index in [1.807, 2.05) is 26.8 Å². The Labute approximate surface area is 204 Å². The zero-order valence-corrected chi connectivity index (χ0v) is 20.1. The molecule has 2 amide bonds. The van der Waals surface area contributed by atoms with Gasteiger partial charge in [-0.3, -0.25) is 14.9 Å². The van der Waals surface area contributed by atoms with Gasteiger partial charge in [-0.2, -0.15) is 0 Å². The number of allylic oxidation sites excluding steroid dienone is 3. The van der Waals surface area contributed by atoms with Crippen LogP contribution in [-0.2, 0) is 16.1 Å². The zero-order chi connectivity index (χ0) is 25.8. The lowest BCUT2D eigenvalue weighted by Crippen LogP contribution is -2.36. The highest BCUT2D eigenvalue weighted by Gasteiger charge is 2.20. The number of benzene rings is 1. The maximum absolute atomic E-state index is 13.2. The van der Waals surface area contributed by atoms with Crippen LogP contribution in [0.4, 0.5) is 4.39 Å². The number of ether oxygens (including phenoxy) is 2. The Morgan fingerprint density at radius 1 is 1.11 bits per heavy atom. The minimum atomic E-state index is -0.829. The van der Waals surface area contributed by atoms with Crippen LogP contribution in [0, 0.1) is 5.82 Å². The normalized spacial score (nSPS) is 10.9. The van der Waals surface area contributed by atoms with Crippen molar-refractivity contribution in [2.45, 2.75) is 40.2 Å². The van der Waals surface area contributed by atoms with E-state index in [0.29, 0.717) is 5.56 Å². The second-order valence-corrected chi connectivity index (χ2v) is 8.04. The lowest BCUT2D eigenvalue weighted by molar-refractivity contribution is -0.118. The standard InChI is InChI=1S/C26H30FN3O5/c1-17(2)5-4-6-18(3)11-12-34-26(33)20-13-22(35-16-19-7-9-21(27)10-8-19)24(29-15-20)25(32)30-23(31)14-28/h5,7-11,13,15H,4,6,12,14,16,28H2,1-3H3,(H,30,31,32). The third-order valence-corrected chi connectivity index (χ3v) is 4.79. The Balaban J connectivity index is 2.14. The van der Waals surface area contributed by atoms with Crippen LogP contribution in [0.2, 0.25) is 0 Å². The highest BCUT2D eigenvalue weighted by atomic mass is 19.1. The number of nitrogens with two attached hydrogens (primary N) is 1. The smallest absolute Gasteiger partial charge is 0.340 e. The molecule has 1 heterocycles. The fourth-order valence-electron chi connectivity index (χ4n) is 2.85. The summed E-state index contributed by atoms with van der Waals surface area (Å²) in [5.74, 6) is -2.62. The first-order valence-corrected chi connectivity index (χ1v) is 11.1. The van der Waals surface area contributed by atoms with Gasteiger partial charge in [-0.15, -0.1) is 0 Å². The minimum Gasteiger partial charge on any atom is -0.486 e. The first-order chi connectivity index (χ1) is 16.7. The molecular weight excluding hydrogens is 453 g/mol. The number of hydrogen-bond donors (Lipinski definition) is 2. The van der Waals surface area contributed by atoms with Crippen LogP contribution in [0.25, 0.3) is 0 Å². The number of esters is 1. The molecule has 3 N–H and O–H groups in total. The van der Waals surface area contributed by atoms with E-state index in [0.717, 1.165) is 18.4 Å². The molecule has 0 fully saturated rings. The fourth-order valence-corrected chi connectivity index (χ4v) is 2.85. The molecule has 2 aromatic rings. The summed E-state index contributed by atoms with van der Waals surface area (Å²) in [6, 6.07) is 6.89. The molecule has 0 saturated carbocycles. The zero-order valence-electron chi connectivity index (χ0n) is 20.1. The SMILES string of the molecule is CC(C)=CCCC(C)=CCOC(=O)c1cnc(C(=O)NC(=O)CN)c(OCc2ccc(F)cc2)c1. The number of imide groups is 1. The molecule has 0 saturated heterocycles. The molecule has 9 heteroatoms. The summed E-state index contributed by atoms with van der Waals surface area (Å²) >= 11 is 0. The molecule has 1 aromatic carbocycles. The van der Waals surface area contributed by atoms with Gasteiger partial charge in [0.2, 0.25) is 5.91 Å². The first kappa shape index (κ1) is 27.4. The third-order valence-electron chi connectivity index (χ3n) is 4.79. The molecular formula is C26H30FN3O5. The Morgan fingerprint density at radius 3 is 2.49 bits per heavy atom. The first-order valence-electron chi connectivity index (χ1n) is 11.1. The van der Waals surface area contributed by atoms with Crippen LogP contribution >= 0.6 is 0 Å². The van der Waals surface area contributed by atoms with Crippen molar-refractivity contribution >= 4 is 17.8 Å². The van der Waals surface area contributed by atoms with Gasteiger partial charge in [-0.1, -0.05) is 29.4 Å². The molecule has 35 heavy (non-hydrogen) atoms. The molecule has 0 atom stereocenters. The topological polar surface area (TPSA) is 121 Å². The largest absolute Gasteiger partial charge is 0.486 e. The summed E-state index contributed by atoms with van der Waals surface area (Å²) in [5, 5.41) is 2.09. The molecule has 0 aliphatic rings. The van der Waals surface area contributed by atoms with Gasteiger partial charge in [0.1, 0.15) is 19.0 Å². The lowest BCUT2D eigenvalue weighted by Gasteiger charge is -2.12. The average Bonchev–Trinajstić information content (AvgIpc) is 2.83. The summed E-state index contributed by atoms with van der Waals surface area (Å²) in [7, 11) is 0. The molecule has 1 aromatic heterocycles. The molecule has 186 valence electrons. The van der Waals surface area contributed by atoms with E-state index >= 15 is 0 Å². The Bertz CT molecular complexity index is 1110. The number of pyridine rings is 1. The minimum absolute atomic E-state index is 0.0286. The van der Waals surface area contributed by atoms with E-state index in [1.165, 1.54) is 42.1 Å². The quantitative estimate of drug-likeness (QED) is 0.368. The van der Waals surface area contributed by atoms with Gasteiger partial charge in [0.05, 0.1) is 12.1 Å². The van der Waals surface area contributed by atoms with Gasteiger partial charge in [-0.25, -0.2) is 14.2 Å². The monoisotopic (exact) mass is 483 g/mol. The maximum Gasteiger partial charge on any atom is 0.340 e. The van der Waals surface area contributed by atoms with Gasteiger partial charge < -0.3 is 15.2 Å². The predicted molar refractivity (Wildman–Crippen MR) is 129 cm³/mol. The van der Waals surface area contributed by atoms with Gasteiger partial charge in [0, 0.05) is 6.20 Å². The number of nitrogens with zero attached hydrogens (tertiary/aromatic N) is 1. The molecule has 0 bridgehead atoms. The Morgan fingerprint density at radius 2 is 1.83 bits per heavy atom. The highest BCUT2D eigenvalue weighted by Crippen LogP contribution is 2.21. The van der Waals surface area contributed by atoms with Crippen LogP contribution in [0.5, 0.6) is 5.75 Å². The van der Waals surface area contributed by atoms with Crippen molar-refractivity contribution in [3.63, 3.8) is 0 Å². The molecule has 0 spiro atoms. The van der Waals surface area contributed by atoms with Crippen molar-refractivity contribution < 1.29 is 28.2 Å². The van der Waals surface area contributed by atoms with Crippen LogP contribution in [0.3, 0.4) is 0 Å². The average molecular weight is 484 g/mol. The number of carbonyl (C=O) groups is 3. The van der Waals surface area contributed by atoms with E-state index in [9.17, 15) is 18.8 Å². The molecule has 0 aliphatic heterocycles. The summed E-state index contributed by atoms with van der Waals surface area (Å²) in [4.78, 5) is 40.5. The van der Waals surface area contributed by atoms with E-state index < -0.39 is 23.6 Å². The van der Waals surface area contributed by atoms with E-state index in [4.69, 9.17) is 15.2 Å². The van der Waals surface area contributed by atoms with Crippen LogP contribution < -0.4 is 15.8 Å². The van der Waals surface area contributed by atoms with Gasteiger partial charge in [-0.05, 0) is 63.5 Å². The van der Waals surface area contributed by atoms with Gasteiger partial charge in [0.25, 0.3) is 5.91 Å². The highest BCUT2D eigenvalue weighted by molar-refractivity contribution is 6.06. The number of aromatic nitrogens is 1. The third kappa shape index (κ3) is 9.50. The molecule has 0 aliphatic carbocycles.